The number of aryl methyl sites for hydroxylation is 2. The summed E-state index contributed by atoms with van der Waals surface area (Å²) in [5.41, 5.74) is 3.20. The number of nitrogens with one attached hydrogen (secondary N) is 1. The Balaban J connectivity index is 1.72. The third kappa shape index (κ3) is 3.81. The van der Waals surface area contributed by atoms with Crippen LogP contribution in [0.3, 0.4) is 0 Å². The molecule has 3 rings (SSSR count). The molecule has 2 aromatic heterocycles. The number of benzene rings is 1. The molecule has 9 nitrogen and oxygen atoms in total. The summed E-state index contributed by atoms with van der Waals surface area (Å²) in [6.45, 7) is 5.56. The molecule has 0 unspecified atom stereocenters. The van der Waals surface area contributed by atoms with Crippen LogP contribution in [0.25, 0.3) is 11.4 Å². The molecule has 0 bridgehead atoms. The molecule has 0 aliphatic heterocycles. The van der Waals surface area contributed by atoms with Crippen LogP contribution in [0.15, 0.2) is 29.4 Å². The minimum absolute atomic E-state index is 0.154. The molecule has 10 heteroatoms. The number of amides is 1. The molecule has 148 valence electrons. The molecule has 1 amide bonds. The number of anilines is 1. The Kier molecular flexibility index (Phi) is 5.59. The minimum atomic E-state index is -0.422. The zero-order valence-corrected chi connectivity index (χ0v) is 17.2. The average molecular weight is 401 g/mol. The highest BCUT2D eigenvalue weighted by Gasteiger charge is 2.22. The predicted octanol–water partition coefficient (Wildman–Crippen LogP) is 2.14. The SMILES string of the molecule is COc1ccc(-c2nnc(S[C@H](C)C(=O)Nc3c(C)nn(C)c3C)n2N)cc1. The summed E-state index contributed by atoms with van der Waals surface area (Å²) in [5.74, 6) is 7.25. The Hall–Kier alpha value is -3.01. The molecule has 2 heterocycles. The van der Waals surface area contributed by atoms with Gasteiger partial charge in [0.2, 0.25) is 11.1 Å². The van der Waals surface area contributed by atoms with Gasteiger partial charge in [-0.3, -0.25) is 9.48 Å². The van der Waals surface area contributed by atoms with Gasteiger partial charge in [-0.25, -0.2) is 4.68 Å². The molecule has 0 fully saturated rings. The van der Waals surface area contributed by atoms with Crippen LogP contribution in [-0.4, -0.2) is 42.9 Å². The number of nitrogens with zero attached hydrogens (tertiary/aromatic N) is 5. The highest BCUT2D eigenvalue weighted by atomic mass is 32.2. The van der Waals surface area contributed by atoms with Crippen LogP contribution in [0.2, 0.25) is 0 Å². The third-order valence-electron chi connectivity index (χ3n) is 4.42. The quantitative estimate of drug-likeness (QED) is 0.480. The number of hydrogen-bond donors (Lipinski definition) is 2. The summed E-state index contributed by atoms with van der Waals surface area (Å²) in [6.07, 6.45) is 0. The van der Waals surface area contributed by atoms with Crippen LogP contribution >= 0.6 is 11.8 Å². The summed E-state index contributed by atoms with van der Waals surface area (Å²) in [4.78, 5) is 12.6. The first kappa shape index (κ1) is 19.7. The van der Waals surface area contributed by atoms with E-state index >= 15 is 0 Å². The van der Waals surface area contributed by atoms with Gasteiger partial charge in [0.25, 0.3) is 0 Å². The van der Waals surface area contributed by atoms with Crippen molar-refractivity contribution in [2.75, 3.05) is 18.3 Å². The highest BCUT2D eigenvalue weighted by molar-refractivity contribution is 8.00. The van der Waals surface area contributed by atoms with Crippen molar-refractivity contribution in [3.63, 3.8) is 0 Å². The van der Waals surface area contributed by atoms with Gasteiger partial charge in [-0.1, -0.05) is 11.8 Å². The van der Waals surface area contributed by atoms with Gasteiger partial charge in [0.1, 0.15) is 5.75 Å². The first-order valence-electron chi connectivity index (χ1n) is 8.64. The van der Waals surface area contributed by atoms with E-state index in [0.29, 0.717) is 11.0 Å². The molecule has 1 atom stereocenters. The zero-order chi connectivity index (χ0) is 20.4. The second-order valence-corrected chi connectivity index (χ2v) is 7.63. The van der Waals surface area contributed by atoms with Gasteiger partial charge in [0.05, 0.1) is 29.4 Å². The van der Waals surface area contributed by atoms with Crippen LogP contribution < -0.4 is 15.9 Å². The molecule has 0 aliphatic carbocycles. The number of aromatic nitrogens is 5. The van der Waals surface area contributed by atoms with Crippen molar-refractivity contribution < 1.29 is 9.53 Å². The van der Waals surface area contributed by atoms with Crippen molar-refractivity contribution in [2.45, 2.75) is 31.2 Å². The van der Waals surface area contributed by atoms with E-state index in [1.54, 1.807) is 18.7 Å². The summed E-state index contributed by atoms with van der Waals surface area (Å²) < 4.78 is 8.28. The number of ether oxygens (including phenoxy) is 1. The van der Waals surface area contributed by atoms with Gasteiger partial charge in [-0.2, -0.15) is 5.10 Å². The standard InChI is InChI=1S/C18H23N7O2S/c1-10-15(11(2)24(4)23-10)20-17(26)12(3)28-18-22-21-16(25(18)19)13-6-8-14(27-5)9-7-13/h6-9,12H,19H2,1-5H3,(H,20,26)/t12-/m1/s1. The number of rotatable bonds is 6. The van der Waals surface area contributed by atoms with Crippen LogP contribution in [-0.2, 0) is 11.8 Å². The molecule has 28 heavy (non-hydrogen) atoms. The van der Waals surface area contributed by atoms with E-state index in [2.05, 4.69) is 20.6 Å². The summed E-state index contributed by atoms with van der Waals surface area (Å²) in [7, 11) is 3.45. The fraction of sp³-hybridized carbons (Fsp3) is 0.333. The van der Waals surface area contributed by atoms with Gasteiger partial charge < -0.3 is 15.9 Å². The van der Waals surface area contributed by atoms with E-state index in [4.69, 9.17) is 10.6 Å². The van der Waals surface area contributed by atoms with Crippen molar-refractivity contribution in [3.05, 3.63) is 35.7 Å². The van der Waals surface area contributed by atoms with Crippen molar-refractivity contribution in [2.24, 2.45) is 7.05 Å². The van der Waals surface area contributed by atoms with E-state index in [-0.39, 0.29) is 5.91 Å². The number of methoxy groups -OCH3 is 1. The van der Waals surface area contributed by atoms with Gasteiger partial charge in [0.15, 0.2) is 5.82 Å². The molecule has 3 aromatic rings. The molecule has 0 radical (unpaired) electrons. The molecule has 0 saturated heterocycles. The maximum atomic E-state index is 12.6. The highest BCUT2D eigenvalue weighted by Crippen LogP contribution is 2.27. The van der Waals surface area contributed by atoms with E-state index in [9.17, 15) is 4.79 Å². The van der Waals surface area contributed by atoms with Crippen LogP contribution in [0.1, 0.15) is 18.3 Å². The Bertz CT molecular complexity index is 994. The number of nitrogens with two attached hydrogens (primary N) is 1. The molecule has 0 spiro atoms. The van der Waals surface area contributed by atoms with Crippen LogP contribution in [0, 0.1) is 13.8 Å². The zero-order valence-electron chi connectivity index (χ0n) is 16.4. The van der Waals surface area contributed by atoms with Gasteiger partial charge >= 0.3 is 0 Å². The second-order valence-electron chi connectivity index (χ2n) is 6.32. The minimum Gasteiger partial charge on any atom is -0.497 e. The third-order valence-corrected chi connectivity index (χ3v) is 5.48. The van der Waals surface area contributed by atoms with E-state index in [0.717, 1.165) is 28.4 Å². The van der Waals surface area contributed by atoms with Crippen molar-refractivity contribution in [3.8, 4) is 17.1 Å². The smallest absolute Gasteiger partial charge is 0.237 e. The predicted molar refractivity (Wildman–Crippen MR) is 109 cm³/mol. The Morgan fingerprint density at radius 3 is 2.50 bits per heavy atom. The first-order chi connectivity index (χ1) is 13.3. The van der Waals surface area contributed by atoms with Gasteiger partial charge in [0, 0.05) is 12.6 Å². The summed E-state index contributed by atoms with van der Waals surface area (Å²) in [6, 6.07) is 7.35. The van der Waals surface area contributed by atoms with E-state index in [1.807, 2.05) is 45.2 Å². The lowest BCUT2D eigenvalue weighted by molar-refractivity contribution is -0.115. The van der Waals surface area contributed by atoms with Gasteiger partial charge in [-0.05, 0) is 45.0 Å². The summed E-state index contributed by atoms with van der Waals surface area (Å²) >= 11 is 1.24. The number of thioether (sulfide) groups is 1. The van der Waals surface area contributed by atoms with Crippen molar-refractivity contribution in [1.29, 1.82) is 0 Å². The Morgan fingerprint density at radius 2 is 1.93 bits per heavy atom. The number of carbonyl (C=O) groups excluding carboxylic acids is 1. The monoisotopic (exact) mass is 401 g/mol. The molecule has 1 aromatic carbocycles. The number of carbonyl (C=O) groups is 1. The number of hydrogen-bond acceptors (Lipinski definition) is 7. The first-order valence-corrected chi connectivity index (χ1v) is 9.52. The molecular formula is C18H23N7O2S. The lowest BCUT2D eigenvalue weighted by atomic mass is 10.2. The topological polar surface area (TPSA) is 113 Å². The van der Waals surface area contributed by atoms with E-state index < -0.39 is 5.25 Å². The molecule has 3 N–H and O–H groups in total. The molecule has 0 saturated carbocycles. The largest absolute Gasteiger partial charge is 0.497 e. The number of nitrogen functional groups attached to an aromatic ring is 1. The second kappa shape index (κ2) is 7.93. The summed E-state index contributed by atoms with van der Waals surface area (Å²) in [5, 5.41) is 15.6. The maximum absolute atomic E-state index is 12.6. The normalized spacial score (nSPS) is 12.0. The average Bonchev–Trinajstić information content (AvgIpc) is 3.16. The molecule has 0 aliphatic rings. The van der Waals surface area contributed by atoms with Gasteiger partial charge in [-0.15, -0.1) is 10.2 Å². The lowest BCUT2D eigenvalue weighted by Gasteiger charge is -2.12. The van der Waals surface area contributed by atoms with Crippen LogP contribution in [0.5, 0.6) is 5.75 Å². The fourth-order valence-corrected chi connectivity index (χ4v) is 3.46. The lowest BCUT2D eigenvalue weighted by Crippen LogP contribution is -2.24. The Morgan fingerprint density at radius 1 is 1.25 bits per heavy atom. The van der Waals surface area contributed by atoms with Crippen molar-refractivity contribution in [1.82, 2.24) is 24.7 Å². The Labute approximate surface area is 167 Å². The molecular weight excluding hydrogens is 378 g/mol. The van der Waals surface area contributed by atoms with E-state index in [1.165, 1.54) is 16.4 Å². The van der Waals surface area contributed by atoms with Crippen LogP contribution in [0.4, 0.5) is 5.69 Å². The van der Waals surface area contributed by atoms with Crippen molar-refractivity contribution >= 4 is 23.4 Å². The fourth-order valence-electron chi connectivity index (χ4n) is 2.69. The maximum Gasteiger partial charge on any atom is 0.237 e.